The quantitative estimate of drug-likeness (QED) is 0.558. The van der Waals surface area contributed by atoms with Crippen molar-refractivity contribution in [3.8, 4) is 5.69 Å². The molecule has 6 nitrogen and oxygen atoms in total. The van der Waals surface area contributed by atoms with Gasteiger partial charge in [-0.25, -0.2) is 4.68 Å². The molecule has 8 heteroatoms. The number of hydrogen-bond donors (Lipinski definition) is 0. The van der Waals surface area contributed by atoms with Crippen molar-refractivity contribution in [1.82, 2.24) is 14.7 Å². The number of nitrogens with zero attached hydrogens (tertiary/aromatic N) is 3. The van der Waals surface area contributed by atoms with E-state index in [0.29, 0.717) is 23.0 Å². The molecule has 0 bridgehead atoms. The summed E-state index contributed by atoms with van der Waals surface area (Å²) < 4.78 is 6.55. The van der Waals surface area contributed by atoms with Crippen LogP contribution in [-0.2, 0) is 9.53 Å². The van der Waals surface area contributed by atoms with Crippen molar-refractivity contribution < 1.29 is 14.3 Å². The summed E-state index contributed by atoms with van der Waals surface area (Å²) in [5.41, 5.74) is 1.60. The number of ether oxygens (including phenoxy) is 1. The Hall–Kier alpha value is -2.38. The molecule has 0 aliphatic carbocycles. The largest absolute Gasteiger partial charge is 0.469 e. The Morgan fingerprint density at radius 1 is 1.36 bits per heavy atom. The van der Waals surface area contributed by atoms with Crippen molar-refractivity contribution in [3.05, 3.63) is 45.9 Å². The predicted molar refractivity (Wildman–Crippen MR) is 111 cm³/mol. The third kappa shape index (κ3) is 3.77. The molecule has 0 radical (unpaired) electrons. The number of para-hydroxylation sites is 1. The van der Waals surface area contributed by atoms with Crippen molar-refractivity contribution in [2.75, 3.05) is 20.2 Å². The lowest BCUT2D eigenvalue weighted by Crippen LogP contribution is -2.36. The lowest BCUT2D eigenvalue weighted by atomic mass is 10.1. The van der Waals surface area contributed by atoms with Crippen molar-refractivity contribution >= 4 is 45.0 Å². The van der Waals surface area contributed by atoms with Gasteiger partial charge in [-0.3, -0.25) is 9.59 Å². The molecule has 1 amide bonds. The van der Waals surface area contributed by atoms with Gasteiger partial charge in [-0.15, -0.1) is 11.3 Å². The number of aromatic nitrogens is 2. The van der Waals surface area contributed by atoms with Gasteiger partial charge in [0.25, 0.3) is 5.91 Å². The van der Waals surface area contributed by atoms with Gasteiger partial charge >= 0.3 is 5.97 Å². The number of fused-ring (bicyclic) bond motifs is 1. The highest BCUT2D eigenvalue weighted by molar-refractivity contribution is 7.20. The van der Waals surface area contributed by atoms with Crippen LogP contribution in [0.15, 0.2) is 30.3 Å². The molecule has 0 spiro atoms. The van der Waals surface area contributed by atoms with E-state index in [1.165, 1.54) is 18.4 Å². The molecule has 2 heterocycles. The number of thiophene rings is 1. The van der Waals surface area contributed by atoms with Crippen LogP contribution in [0.25, 0.3) is 15.9 Å². The zero-order valence-electron chi connectivity index (χ0n) is 16.2. The highest BCUT2D eigenvalue weighted by atomic mass is 35.5. The van der Waals surface area contributed by atoms with Crippen LogP contribution in [-0.4, -0.2) is 46.8 Å². The lowest BCUT2D eigenvalue weighted by Gasteiger charge is -2.22. The normalized spacial score (nSPS) is 12.2. The monoisotopic (exact) mass is 419 g/mol. The number of hydrogen-bond acceptors (Lipinski definition) is 5. The van der Waals surface area contributed by atoms with Crippen molar-refractivity contribution in [2.24, 2.45) is 5.92 Å². The smallest absolute Gasteiger partial charge is 0.310 e. The summed E-state index contributed by atoms with van der Waals surface area (Å²) in [6.07, 6.45) is 0. The van der Waals surface area contributed by atoms with E-state index in [9.17, 15) is 9.59 Å². The summed E-state index contributed by atoms with van der Waals surface area (Å²) >= 11 is 7.71. The van der Waals surface area contributed by atoms with Gasteiger partial charge in [0, 0.05) is 18.5 Å². The fraction of sp³-hybridized carbons (Fsp3) is 0.350. The van der Waals surface area contributed by atoms with Crippen LogP contribution in [0.3, 0.4) is 0 Å². The number of carbonyl (C=O) groups excluding carboxylic acids is 2. The fourth-order valence-electron chi connectivity index (χ4n) is 3.06. The van der Waals surface area contributed by atoms with E-state index in [0.717, 1.165) is 21.6 Å². The molecule has 0 aliphatic heterocycles. The molecule has 0 saturated carbocycles. The second-order valence-electron chi connectivity index (χ2n) is 6.55. The zero-order valence-corrected chi connectivity index (χ0v) is 17.8. The highest BCUT2D eigenvalue weighted by Gasteiger charge is 2.24. The molecule has 28 heavy (non-hydrogen) atoms. The standard InChI is InChI=1S/C20H22ClN3O3S/c1-5-23(11-12(2)20(26)27-4)18(25)17-10-14-13(3)22-24(19(14)28-17)16-9-7-6-8-15(16)21/h6-10,12H,5,11H2,1-4H3. The van der Waals surface area contributed by atoms with Gasteiger partial charge in [-0.1, -0.05) is 30.7 Å². The van der Waals surface area contributed by atoms with Crippen LogP contribution in [0.1, 0.15) is 29.2 Å². The van der Waals surface area contributed by atoms with Crippen LogP contribution in [0.5, 0.6) is 0 Å². The third-order valence-electron chi connectivity index (χ3n) is 4.60. The fourth-order valence-corrected chi connectivity index (χ4v) is 4.42. The molecule has 0 fully saturated rings. The Bertz CT molecular complexity index is 1030. The Balaban J connectivity index is 1.96. The number of benzene rings is 1. The van der Waals surface area contributed by atoms with E-state index in [2.05, 4.69) is 5.10 Å². The molecule has 1 aromatic carbocycles. The number of amides is 1. The van der Waals surface area contributed by atoms with Gasteiger partial charge in [-0.05, 0) is 32.0 Å². The second-order valence-corrected chi connectivity index (χ2v) is 7.98. The number of methoxy groups -OCH3 is 1. The maximum absolute atomic E-state index is 13.0. The Morgan fingerprint density at radius 3 is 2.71 bits per heavy atom. The Labute approximate surface area is 172 Å². The minimum atomic E-state index is -0.386. The van der Waals surface area contributed by atoms with Crippen LogP contribution in [0.4, 0.5) is 0 Å². The molecule has 0 saturated heterocycles. The van der Waals surface area contributed by atoms with Gasteiger partial charge in [0.05, 0.1) is 34.3 Å². The zero-order chi connectivity index (χ0) is 20.4. The molecule has 1 atom stereocenters. The Morgan fingerprint density at radius 2 is 2.07 bits per heavy atom. The molecular formula is C20H22ClN3O3S. The predicted octanol–water partition coefficient (Wildman–Crippen LogP) is 4.32. The number of rotatable bonds is 6. The van der Waals surface area contributed by atoms with Crippen LogP contribution in [0, 0.1) is 12.8 Å². The van der Waals surface area contributed by atoms with Crippen LogP contribution >= 0.6 is 22.9 Å². The maximum Gasteiger partial charge on any atom is 0.310 e. The van der Waals surface area contributed by atoms with E-state index in [1.807, 2.05) is 44.2 Å². The van der Waals surface area contributed by atoms with Crippen molar-refractivity contribution in [2.45, 2.75) is 20.8 Å². The van der Waals surface area contributed by atoms with Gasteiger partial charge in [0.15, 0.2) is 0 Å². The molecule has 3 aromatic rings. The van der Waals surface area contributed by atoms with Crippen molar-refractivity contribution in [3.63, 3.8) is 0 Å². The van der Waals surface area contributed by atoms with Crippen molar-refractivity contribution in [1.29, 1.82) is 0 Å². The molecule has 148 valence electrons. The first-order valence-electron chi connectivity index (χ1n) is 8.98. The molecule has 1 unspecified atom stereocenters. The SMILES string of the molecule is CCN(CC(C)C(=O)OC)C(=O)c1cc2c(C)nn(-c3ccccc3Cl)c2s1. The van der Waals surface area contributed by atoms with E-state index < -0.39 is 0 Å². The molecule has 2 aromatic heterocycles. The first-order chi connectivity index (χ1) is 13.4. The molecule has 0 aliphatic rings. The number of carbonyl (C=O) groups is 2. The number of aryl methyl sites for hydroxylation is 1. The average molecular weight is 420 g/mol. The third-order valence-corrected chi connectivity index (χ3v) is 6.02. The summed E-state index contributed by atoms with van der Waals surface area (Å²) in [5, 5.41) is 6.10. The van der Waals surface area contributed by atoms with Gasteiger partial charge in [0.1, 0.15) is 4.83 Å². The second kappa shape index (κ2) is 8.32. The average Bonchev–Trinajstić information content (AvgIpc) is 3.26. The topological polar surface area (TPSA) is 64.4 Å². The first-order valence-corrected chi connectivity index (χ1v) is 10.2. The van der Waals surface area contributed by atoms with Crippen LogP contribution in [0.2, 0.25) is 5.02 Å². The summed E-state index contributed by atoms with van der Waals surface area (Å²) in [6.45, 7) is 6.38. The van der Waals surface area contributed by atoms with E-state index in [4.69, 9.17) is 16.3 Å². The highest BCUT2D eigenvalue weighted by Crippen LogP contribution is 2.33. The summed E-state index contributed by atoms with van der Waals surface area (Å²) in [7, 11) is 1.35. The summed E-state index contributed by atoms with van der Waals surface area (Å²) in [4.78, 5) is 27.9. The Kier molecular flexibility index (Phi) is 6.05. The number of halogens is 1. The van der Waals surface area contributed by atoms with E-state index in [-0.39, 0.29) is 17.8 Å². The minimum absolute atomic E-state index is 0.107. The van der Waals surface area contributed by atoms with Crippen LogP contribution < -0.4 is 0 Å². The van der Waals surface area contributed by atoms with E-state index in [1.54, 1.807) is 16.5 Å². The minimum Gasteiger partial charge on any atom is -0.469 e. The lowest BCUT2D eigenvalue weighted by molar-refractivity contribution is -0.145. The van der Waals surface area contributed by atoms with Gasteiger partial charge in [-0.2, -0.15) is 5.10 Å². The van der Waals surface area contributed by atoms with Gasteiger partial charge < -0.3 is 9.64 Å². The maximum atomic E-state index is 13.0. The first kappa shape index (κ1) is 20.4. The number of esters is 1. The summed E-state index contributed by atoms with van der Waals surface area (Å²) in [6, 6.07) is 9.34. The van der Waals surface area contributed by atoms with Gasteiger partial charge in [0.2, 0.25) is 0 Å². The molecule has 0 N–H and O–H groups in total. The molecular weight excluding hydrogens is 398 g/mol. The molecule has 3 rings (SSSR count). The van der Waals surface area contributed by atoms with E-state index >= 15 is 0 Å². The summed E-state index contributed by atoms with van der Waals surface area (Å²) in [5.74, 6) is -0.819.